The fourth-order valence-corrected chi connectivity index (χ4v) is 2.02. The summed E-state index contributed by atoms with van der Waals surface area (Å²) in [5.74, 6) is -0.0969. The van der Waals surface area contributed by atoms with Gasteiger partial charge in [0.15, 0.2) is 12.4 Å². The molecule has 0 saturated carbocycles. The van der Waals surface area contributed by atoms with Crippen molar-refractivity contribution < 1.29 is 9.52 Å². The Morgan fingerprint density at radius 1 is 1.50 bits per heavy atom. The lowest BCUT2D eigenvalue weighted by Crippen LogP contribution is -2.27. The molecule has 2 aromatic rings. The molecule has 7 heteroatoms. The van der Waals surface area contributed by atoms with Gasteiger partial charge in [-0.2, -0.15) is 4.73 Å². The van der Waals surface area contributed by atoms with Crippen LogP contribution in [-0.4, -0.2) is 16.1 Å². The average molecular weight is 264 g/mol. The van der Waals surface area contributed by atoms with Crippen molar-refractivity contribution in [1.29, 1.82) is 0 Å². The summed E-state index contributed by atoms with van der Waals surface area (Å²) in [6.07, 6.45) is 2.53. The Morgan fingerprint density at radius 3 is 2.89 bits per heavy atom. The van der Waals surface area contributed by atoms with E-state index >= 15 is 0 Å². The van der Waals surface area contributed by atoms with Crippen molar-refractivity contribution in [3.63, 3.8) is 0 Å². The number of anilines is 1. The highest BCUT2D eigenvalue weighted by molar-refractivity contribution is 7.15. The van der Waals surface area contributed by atoms with Gasteiger partial charge in [-0.05, 0) is 6.07 Å². The molecule has 2 rings (SSSR count). The first-order chi connectivity index (χ1) is 8.56. The van der Waals surface area contributed by atoms with Gasteiger partial charge in [0.05, 0.1) is 0 Å². The summed E-state index contributed by atoms with van der Waals surface area (Å²) < 4.78 is 0.578. The Hall–Kier alpha value is -2.02. The number of nitrogens with zero attached hydrogens (tertiary/aromatic N) is 3. The molecule has 18 heavy (non-hydrogen) atoms. The predicted molar refractivity (Wildman–Crippen MR) is 67.4 cm³/mol. The summed E-state index contributed by atoms with van der Waals surface area (Å²) in [6, 6.07) is 3.08. The molecule has 0 aliphatic carbocycles. The molecule has 94 valence electrons. The number of hydrogen-bond acceptors (Lipinski definition) is 5. The Bertz CT molecular complexity index is 568. The highest BCUT2D eigenvalue weighted by Crippen LogP contribution is 2.22. The second kappa shape index (κ2) is 5.09. The molecule has 0 aromatic carbocycles. The van der Waals surface area contributed by atoms with E-state index in [1.165, 1.54) is 29.8 Å². The van der Waals surface area contributed by atoms with Crippen molar-refractivity contribution in [2.75, 3.05) is 5.32 Å². The van der Waals surface area contributed by atoms with Gasteiger partial charge in [0, 0.05) is 12.0 Å². The Balaban J connectivity index is 2.11. The molecule has 2 aromatic heterocycles. The van der Waals surface area contributed by atoms with Gasteiger partial charge in [0.2, 0.25) is 5.13 Å². The highest BCUT2D eigenvalue weighted by Gasteiger charge is 2.13. The molecule has 0 atom stereocenters. The van der Waals surface area contributed by atoms with E-state index in [2.05, 4.69) is 15.5 Å². The average Bonchev–Trinajstić information content (AvgIpc) is 2.77. The van der Waals surface area contributed by atoms with Gasteiger partial charge in [0.25, 0.3) is 5.91 Å². The summed E-state index contributed by atoms with van der Waals surface area (Å²) in [6.45, 7) is 4.01. The zero-order valence-corrected chi connectivity index (χ0v) is 10.8. The maximum Gasteiger partial charge on any atom is 0.263 e. The lowest BCUT2D eigenvalue weighted by Gasteiger charge is -2.00. The molecule has 6 nitrogen and oxygen atoms in total. The molecule has 0 aliphatic rings. The zero-order valence-electron chi connectivity index (χ0n) is 9.95. The minimum absolute atomic E-state index is 0.272. The van der Waals surface area contributed by atoms with Crippen LogP contribution in [0.15, 0.2) is 24.5 Å². The standard InChI is InChI=1S/C11H12N4O2S/c1-7(2)10-13-14-11(18-10)12-9(16)8-4-3-5-15(17)6-8/h3-7H,1-2H3,(H,12,14,16). The number of nitrogens with one attached hydrogen (secondary N) is 1. The van der Waals surface area contributed by atoms with E-state index in [1.54, 1.807) is 6.07 Å². The molecular formula is C11H12N4O2S. The van der Waals surface area contributed by atoms with Crippen LogP contribution in [-0.2, 0) is 0 Å². The fourth-order valence-electron chi connectivity index (χ4n) is 1.28. The molecule has 2 heterocycles. The van der Waals surface area contributed by atoms with Crippen LogP contribution in [0, 0.1) is 5.21 Å². The van der Waals surface area contributed by atoms with Crippen LogP contribution < -0.4 is 10.0 Å². The van der Waals surface area contributed by atoms with Gasteiger partial charge in [-0.25, -0.2) is 0 Å². The minimum Gasteiger partial charge on any atom is -0.619 e. The third-order valence-electron chi connectivity index (χ3n) is 2.19. The molecular weight excluding hydrogens is 252 g/mol. The third-order valence-corrected chi connectivity index (χ3v) is 3.33. The Labute approximate surface area is 108 Å². The molecule has 0 aliphatic heterocycles. The molecule has 0 saturated heterocycles. The summed E-state index contributed by atoms with van der Waals surface area (Å²) in [4.78, 5) is 11.8. The van der Waals surface area contributed by atoms with Crippen molar-refractivity contribution in [3.05, 3.63) is 40.3 Å². The van der Waals surface area contributed by atoms with Gasteiger partial charge in [-0.3, -0.25) is 10.1 Å². The molecule has 0 radical (unpaired) electrons. The third kappa shape index (κ3) is 2.80. The molecule has 0 unspecified atom stereocenters. The van der Waals surface area contributed by atoms with Crippen LogP contribution in [0.4, 0.5) is 5.13 Å². The number of carbonyl (C=O) groups excluding carboxylic acids is 1. The van der Waals surface area contributed by atoms with Crippen LogP contribution in [0.25, 0.3) is 0 Å². The van der Waals surface area contributed by atoms with E-state index in [4.69, 9.17) is 0 Å². The highest BCUT2D eigenvalue weighted by atomic mass is 32.1. The van der Waals surface area contributed by atoms with Crippen LogP contribution in [0.1, 0.15) is 35.1 Å². The SMILES string of the molecule is CC(C)c1nnc(NC(=O)c2ccc[n+]([O-])c2)s1. The van der Waals surface area contributed by atoms with Gasteiger partial charge >= 0.3 is 0 Å². The first-order valence-corrected chi connectivity index (χ1v) is 6.21. The maximum absolute atomic E-state index is 11.8. The molecule has 1 amide bonds. The summed E-state index contributed by atoms with van der Waals surface area (Å²) in [5.41, 5.74) is 0.286. The number of rotatable bonds is 3. The maximum atomic E-state index is 11.8. The van der Waals surface area contributed by atoms with Crippen molar-refractivity contribution in [3.8, 4) is 0 Å². The number of pyridine rings is 1. The van der Waals surface area contributed by atoms with Crippen LogP contribution in [0.3, 0.4) is 0 Å². The topological polar surface area (TPSA) is 81.8 Å². The van der Waals surface area contributed by atoms with Gasteiger partial charge < -0.3 is 5.21 Å². The summed E-state index contributed by atoms with van der Waals surface area (Å²) in [7, 11) is 0. The summed E-state index contributed by atoms with van der Waals surface area (Å²) >= 11 is 1.33. The first-order valence-electron chi connectivity index (χ1n) is 5.40. The Kier molecular flexibility index (Phi) is 3.52. The van der Waals surface area contributed by atoms with E-state index in [0.29, 0.717) is 9.86 Å². The van der Waals surface area contributed by atoms with Crippen molar-refractivity contribution in [2.24, 2.45) is 0 Å². The predicted octanol–water partition coefficient (Wildman–Crippen LogP) is 1.55. The van der Waals surface area contributed by atoms with Crippen LogP contribution in [0.5, 0.6) is 0 Å². The monoisotopic (exact) mass is 264 g/mol. The first kappa shape index (κ1) is 12.4. The lowest BCUT2D eigenvalue weighted by molar-refractivity contribution is -0.605. The van der Waals surface area contributed by atoms with Gasteiger partial charge in [0.1, 0.15) is 10.6 Å². The largest absolute Gasteiger partial charge is 0.619 e. The van der Waals surface area contributed by atoms with E-state index in [9.17, 15) is 10.0 Å². The van der Waals surface area contributed by atoms with Crippen LogP contribution in [0.2, 0.25) is 0 Å². The number of carbonyl (C=O) groups is 1. The van der Waals surface area contributed by atoms with Crippen LogP contribution >= 0.6 is 11.3 Å². The van der Waals surface area contributed by atoms with Crippen molar-refractivity contribution in [1.82, 2.24) is 10.2 Å². The normalized spacial score (nSPS) is 10.6. The smallest absolute Gasteiger partial charge is 0.263 e. The van der Waals surface area contributed by atoms with Gasteiger partial charge in [-0.15, -0.1) is 10.2 Å². The quantitative estimate of drug-likeness (QED) is 0.673. The summed E-state index contributed by atoms with van der Waals surface area (Å²) in [5, 5.41) is 22.8. The van der Waals surface area contributed by atoms with E-state index in [0.717, 1.165) is 5.01 Å². The number of aromatic nitrogens is 3. The van der Waals surface area contributed by atoms with Crippen molar-refractivity contribution >= 4 is 22.4 Å². The second-order valence-corrected chi connectivity index (χ2v) is 5.02. The molecule has 0 bridgehead atoms. The Morgan fingerprint density at radius 2 is 2.28 bits per heavy atom. The lowest BCUT2D eigenvalue weighted by atomic mass is 10.2. The number of hydrogen-bond donors (Lipinski definition) is 1. The van der Waals surface area contributed by atoms with E-state index in [-0.39, 0.29) is 17.4 Å². The molecule has 0 fully saturated rings. The second-order valence-electron chi connectivity index (χ2n) is 4.01. The fraction of sp³-hybridized carbons (Fsp3) is 0.273. The van der Waals surface area contributed by atoms with E-state index in [1.807, 2.05) is 13.8 Å². The molecule has 1 N–H and O–H groups in total. The molecule has 0 spiro atoms. The van der Waals surface area contributed by atoms with Crippen molar-refractivity contribution in [2.45, 2.75) is 19.8 Å². The van der Waals surface area contributed by atoms with Gasteiger partial charge in [-0.1, -0.05) is 25.2 Å². The minimum atomic E-state index is -0.369. The van der Waals surface area contributed by atoms with E-state index < -0.39 is 0 Å². The number of amides is 1. The zero-order chi connectivity index (χ0) is 13.1.